The van der Waals surface area contributed by atoms with Gasteiger partial charge in [-0.15, -0.1) is 0 Å². The molecule has 0 amide bonds. The van der Waals surface area contributed by atoms with E-state index in [2.05, 4.69) is 30.8 Å². The average molecular weight is 252 g/mol. The van der Waals surface area contributed by atoms with Gasteiger partial charge >= 0.3 is 0 Å². The van der Waals surface area contributed by atoms with Gasteiger partial charge in [-0.1, -0.05) is 26.0 Å². The number of aryl methyl sites for hydroxylation is 1. The summed E-state index contributed by atoms with van der Waals surface area (Å²) in [5.74, 6) is 1.18. The van der Waals surface area contributed by atoms with Gasteiger partial charge in [0.1, 0.15) is 5.82 Å². The highest BCUT2D eigenvalue weighted by Gasteiger charge is 2.15. The molecular formula is C13H24N4O. The first kappa shape index (κ1) is 14.6. The van der Waals surface area contributed by atoms with Crippen molar-refractivity contribution in [1.82, 2.24) is 9.78 Å². The van der Waals surface area contributed by atoms with Crippen LogP contribution in [0.15, 0.2) is 12.2 Å². The molecule has 5 nitrogen and oxygen atoms in total. The predicted octanol–water partition coefficient (Wildman–Crippen LogP) is 2.13. The van der Waals surface area contributed by atoms with Gasteiger partial charge in [0.05, 0.1) is 24.6 Å². The summed E-state index contributed by atoms with van der Waals surface area (Å²) in [4.78, 5) is 0. The first-order valence-corrected chi connectivity index (χ1v) is 6.21. The molecule has 0 saturated heterocycles. The Kier molecular flexibility index (Phi) is 5.22. The smallest absolute Gasteiger partial charge is 0.147 e. The normalized spacial score (nSPS) is 10.9. The molecule has 0 radical (unpaired) electrons. The summed E-state index contributed by atoms with van der Waals surface area (Å²) in [6.45, 7) is 11.8. The molecule has 0 saturated carbocycles. The van der Waals surface area contributed by atoms with Crippen molar-refractivity contribution < 1.29 is 4.74 Å². The van der Waals surface area contributed by atoms with Crippen molar-refractivity contribution in [2.75, 3.05) is 30.8 Å². The van der Waals surface area contributed by atoms with E-state index in [-0.39, 0.29) is 0 Å². The second kappa shape index (κ2) is 6.44. The number of hydrogen-bond acceptors (Lipinski definition) is 4. The van der Waals surface area contributed by atoms with E-state index in [4.69, 9.17) is 10.5 Å². The van der Waals surface area contributed by atoms with Crippen molar-refractivity contribution >= 4 is 11.5 Å². The van der Waals surface area contributed by atoms with Crippen molar-refractivity contribution in [2.24, 2.45) is 7.05 Å². The number of anilines is 2. The van der Waals surface area contributed by atoms with Crippen LogP contribution in [0.2, 0.25) is 0 Å². The standard InChI is InChI=1S/C13H24N4O/c1-9(2)8-18-7-6-15-13-11(14)12(10(3)4)16-17(13)5/h10,15H,1,6-8,14H2,2-5H3. The number of ether oxygens (including phenoxy) is 1. The van der Waals surface area contributed by atoms with Gasteiger partial charge in [-0.3, -0.25) is 4.68 Å². The van der Waals surface area contributed by atoms with Crippen LogP contribution in [0.25, 0.3) is 0 Å². The fourth-order valence-electron chi connectivity index (χ4n) is 1.69. The van der Waals surface area contributed by atoms with Crippen LogP contribution in [0.1, 0.15) is 32.4 Å². The summed E-state index contributed by atoms with van der Waals surface area (Å²) in [6.07, 6.45) is 0. The van der Waals surface area contributed by atoms with Gasteiger partial charge in [-0.05, 0) is 12.8 Å². The maximum atomic E-state index is 6.07. The molecule has 1 aromatic rings. The Hall–Kier alpha value is -1.49. The Balaban J connectivity index is 2.50. The summed E-state index contributed by atoms with van der Waals surface area (Å²) >= 11 is 0. The van der Waals surface area contributed by atoms with Gasteiger partial charge in [0.25, 0.3) is 0 Å². The van der Waals surface area contributed by atoms with Crippen LogP contribution in [0.3, 0.4) is 0 Å². The Morgan fingerprint density at radius 3 is 2.72 bits per heavy atom. The third kappa shape index (κ3) is 3.77. The zero-order valence-corrected chi connectivity index (χ0v) is 11.8. The van der Waals surface area contributed by atoms with Crippen molar-refractivity contribution in [3.63, 3.8) is 0 Å². The van der Waals surface area contributed by atoms with Crippen LogP contribution in [0, 0.1) is 0 Å². The van der Waals surface area contributed by atoms with Crippen LogP contribution in [0.4, 0.5) is 11.5 Å². The SMILES string of the molecule is C=C(C)COCCNc1c(N)c(C(C)C)nn1C. The molecule has 0 fully saturated rings. The Labute approximate surface area is 109 Å². The van der Waals surface area contributed by atoms with Gasteiger partial charge in [0, 0.05) is 13.6 Å². The number of aromatic nitrogens is 2. The van der Waals surface area contributed by atoms with Crippen LogP contribution < -0.4 is 11.1 Å². The van der Waals surface area contributed by atoms with E-state index in [1.54, 1.807) is 4.68 Å². The van der Waals surface area contributed by atoms with E-state index in [1.807, 2.05) is 14.0 Å². The zero-order chi connectivity index (χ0) is 13.7. The molecule has 0 spiro atoms. The maximum absolute atomic E-state index is 6.07. The molecule has 0 aliphatic rings. The molecule has 1 heterocycles. The van der Waals surface area contributed by atoms with Gasteiger partial charge in [0.15, 0.2) is 0 Å². The largest absolute Gasteiger partial charge is 0.394 e. The van der Waals surface area contributed by atoms with Gasteiger partial charge in [-0.2, -0.15) is 5.10 Å². The molecule has 0 aliphatic carbocycles. The lowest BCUT2D eigenvalue weighted by molar-refractivity contribution is 0.167. The highest BCUT2D eigenvalue weighted by atomic mass is 16.5. The minimum Gasteiger partial charge on any atom is -0.394 e. The molecule has 0 aliphatic heterocycles. The summed E-state index contributed by atoms with van der Waals surface area (Å²) in [5, 5.41) is 7.66. The van der Waals surface area contributed by atoms with Crippen molar-refractivity contribution in [3.8, 4) is 0 Å². The van der Waals surface area contributed by atoms with Crippen LogP contribution >= 0.6 is 0 Å². The molecule has 0 bridgehead atoms. The second-order valence-corrected chi connectivity index (χ2v) is 4.86. The lowest BCUT2D eigenvalue weighted by Gasteiger charge is -2.08. The first-order chi connectivity index (χ1) is 8.43. The average Bonchev–Trinajstić information content (AvgIpc) is 2.55. The molecule has 3 N–H and O–H groups in total. The van der Waals surface area contributed by atoms with E-state index in [1.165, 1.54) is 0 Å². The molecular weight excluding hydrogens is 228 g/mol. The maximum Gasteiger partial charge on any atom is 0.147 e. The number of nitrogen functional groups attached to an aromatic ring is 1. The highest BCUT2D eigenvalue weighted by Crippen LogP contribution is 2.27. The molecule has 1 rings (SSSR count). The quantitative estimate of drug-likeness (QED) is 0.576. The zero-order valence-electron chi connectivity index (χ0n) is 11.8. The Morgan fingerprint density at radius 2 is 2.22 bits per heavy atom. The third-order valence-corrected chi connectivity index (χ3v) is 2.55. The molecule has 0 unspecified atom stereocenters. The molecule has 0 aromatic carbocycles. The van der Waals surface area contributed by atoms with Gasteiger partial charge in [0.2, 0.25) is 0 Å². The molecule has 5 heteroatoms. The predicted molar refractivity (Wildman–Crippen MR) is 75.8 cm³/mol. The first-order valence-electron chi connectivity index (χ1n) is 6.21. The molecule has 18 heavy (non-hydrogen) atoms. The van der Waals surface area contributed by atoms with E-state index in [0.29, 0.717) is 25.7 Å². The van der Waals surface area contributed by atoms with Crippen molar-refractivity contribution in [1.29, 1.82) is 0 Å². The fraction of sp³-hybridized carbons (Fsp3) is 0.615. The number of rotatable bonds is 7. The molecule has 0 atom stereocenters. The summed E-state index contributed by atoms with van der Waals surface area (Å²) in [6, 6.07) is 0. The third-order valence-electron chi connectivity index (χ3n) is 2.55. The van der Waals surface area contributed by atoms with Gasteiger partial charge in [-0.25, -0.2) is 0 Å². The number of nitrogens with zero attached hydrogens (tertiary/aromatic N) is 2. The number of hydrogen-bond donors (Lipinski definition) is 2. The van der Waals surface area contributed by atoms with E-state index in [0.717, 1.165) is 22.8 Å². The van der Waals surface area contributed by atoms with Crippen LogP contribution in [-0.2, 0) is 11.8 Å². The Bertz CT molecular complexity index is 409. The number of nitrogens with one attached hydrogen (secondary N) is 1. The fourth-order valence-corrected chi connectivity index (χ4v) is 1.69. The lowest BCUT2D eigenvalue weighted by Crippen LogP contribution is -2.13. The minimum atomic E-state index is 0.325. The van der Waals surface area contributed by atoms with Crippen LogP contribution in [-0.4, -0.2) is 29.5 Å². The van der Waals surface area contributed by atoms with Crippen molar-refractivity contribution in [2.45, 2.75) is 26.7 Å². The highest BCUT2D eigenvalue weighted by molar-refractivity contribution is 5.65. The van der Waals surface area contributed by atoms with E-state index in [9.17, 15) is 0 Å². The van der Waals surface area contributed by atoms with Crippen LogP contribution in [0.5, 0.6) is 0 Å². The summed E-state index contributed by atoms with van der Waals surface area (Å²) in [5.41, 5.74) is 8.75. The van der Waals surface area contributed by atoms with Gasteiger partial charge < -0.3 is 15.8 Å². The topological polar surface area (TPSA) is 65.1 Å². The van der Waals surface area contributed by atoms with Crippen molar-refractivity contribution in [3.05, 3.63) is 17.8 Å². The van der Waals surface area contributed by atoms with E-state index >= 15 is 0 Å². The molecule has 102 valence electrons. The minimum absolute atomic E-state index is 0.325. The number of nitrogens with two attached hydrogens (primary N) is 1. The Morgan fingerprint density at radius 1 is 1.56 bits per heavy atom. The monoisotopic (exact) mass is 252 g/mol. The lowest BCUT2D eigenvalue weighted by atomic mass is 10.1. The summed E-state index contributed by atoms with van der Waals surface area (Å²) < 4.78 is 7.20. The molecule has 1 aromatic heterocycles. The summed E-state index contributed by atoms with van der Waals surface area (Å²) in [7, 11) is 1.89. The van der Waals surface area contributed by atoms with E-state index < -0.39 is 0 Å². The second-order valence-electron chi connectivity index (χ2n) is 4.86.